The Balaban J connectivity index is 2.23. The molecule has 78 valence electrons. The van der Waals surface area contributed by atoms with Gasteiger partial charge >= 0.3 is 0 Å². The van der Waals surface area contributed by atoms with Crippen LogP contribution in [0.3, 0.4) is 0 Å². The summed E-state index contributed by atoms with van der Waals surface area (Å²) in [5.41, 5.74) is 0.944. The van der Waals surface area contributed by atoms with E-state index in [1.54, 1.807) is 0 Å². The van der Waals surface area contributed by atoms with Crippen molar-refractivity contribution >= 4 is 23.6 Å². The Bertz CT molecular complexity index is 391. The van der Waals surface area contributed by atoms with E-state index < -0.39 is 0 Å². The van der Waals surface area contributed by atoms with Crippen molar-refractivity contribution in [2.24, 2.45) is 0 Å². The Kier molecular flexibility index (Phi) is 2.77. The van der Waals surface area contributed by atoms with Crippen molar-refractivity contribution in [2.45, 2.75) is 17.4 Å². The van der Waals surface area contributed by atoms with Crippen molar-refractivity contribution in [3.8, 4) is 0 Å². The Morgan fingerprint density at radius 3 is 2.47 bits per heavy atom. The van der Waals surface area contributed by atoms with E-state index in [1.165, 1.54) is 11.8 Å². The molecule has 15 heavy (non-hydrogen) atoms. The average Bonchev–Trinajstić information content (AvgIpc) is 2.25. The van der Waals surface area contributed by atoms with Gasteiger partial charge in [-0.2, -0.15) is 0 Å². The summed E-state index contributed by atoms with van der Waals surface area (Å²) in [6, 6.07) is 9.50. The van der Waals surface area contributed by atoms with Gasteiger partial charge in [0.05, 0.1) is 5.25 Å². The van der Waals surface area contributed by atoms with E-state index in [9.17, 15) is 9.59 Å². The molecule has 1 saturated heterocycles. The summed E-state index contributed by atoms with van der Waals surface area (Å²) in [5.74, 6) is -0.411. The largest absolute Gasteiger partial charge is 0.294 e. The van der Waals surface area contributed by atoms with Crippen LogP contribution >= 0.6 is 11.8 Å². The van der Waals surface area contributed by atoms with Crippen LogP contribution in [-0.4, -0.2) is 17.1 Å². The van der Waals surface area contributed by atoms with Crippen LogP contribution in [0.4, 0.5) is 0 Å². The first-order valence-electron chi connectivity index (χ1n) is 4.73. The van der Waals surface area contributed by atoms with Crippen LogP contribution in [0.1, 0.15) is 17.7 Å². The van der Waals surface area contributed by atoms with E-state index in [2.05, 4.69) is 5.32 Å². The molecule has 1 aliphatic rings. The number of benzene rings is 1. The molecule has 2 rings (SSSR count). The maximum absolute atomic E-state index is 11.6. The van der Waals surface area contributed by atoms with Crippen LogP contribution in [-0.2, 0) is 9.59 Å². The molecule has 2 amide bonds. The fourth-order valence-electron chi connectivity index (χ4n) is 1.47. The number of amides is 2. The molecule has 1 aromatic carbocycles. The summed E-state index contributed by atoms with van der Waals surface area (Å²) in [6.07, 6.45) is 0. The fourth-order valence-corrected chi connectivity index (χ4v) is 2.56. The highest BCUT2D eigenvalue weighted by Gasteiger charge is 2.33. The number of hydrogen-bond donors (Lipinski definition) is 1. The zero-order chi connectivity index (χ0) is 10.8. The molecule has 1 N–H and O–H groups in total. The second-order valence-electron chi connectivity index (χ2n) is 3.42. The highest BCUT2D eigenvalue weighted by atomic mass is 32.2. The monoisotopic (exact) mass is 221 g/mol. The van der Waals surface area contributed by atoms with Crippen molar-refractivity contribution in [1.82, 2.24) is 5.32 Å². The number of carbonyl (C=O) groups is 2. The van der Waals surface area contributed by atoms with Crippen molar-refractivity contribution in [3.63, 3.8) is 0 Å². The zero-order valence-electron chi connectivity index (χ0n) is 8.27. The summed E-state index contributed by atoms with van der Waals surface area (Å²) in [5, 5.41) is 1.94. The molecule has 1 heterocycles. The lowest BCUT2D eigenvalue weighted by Gasteiger charge is -2.25. The molecule has 0 aliphatic carbocycles. The van der Waals surface area contributed by atoms with Crippen molar-refractivity contribution in [2.75, 3.05) is 0 Å². The third-order valence-corrected chi connectivity index (χ3v) is 3.68. The van der Waals surface area contributed by atoms with E-state index in [4.69, 9.17) is 0 Å². The maximum atomic E-state index is 11.6. The molecule has 1 fully saturated rings. The van der Waals surface area contributed by atoms with Crippen LogP contribution in [0.2, 0.25) is 0 Å². The van der Waals surface area contributed by atoms with E-state index in [-0.39, 0.29) is 22.3 Å². The third kappa shape index (κ3) is 2.04. The minimum absolute atomic E-state index is 0.173. The van der Waals surface area contributed by atoms with E-state index in [1.807, 2.05) is 37.3 Å². The van der Waals surface area contributed by atoms with Gasteiger partial charge < -0.3 is 0 Å². The smallest absolute Gasteiger partial charge is 0.244 e. The topological polar surface area (TPSA) is 46.2 Å². The third-order valence-electron chi connectivity index (χ3n) is 2.30. The number of rotatable bonds is 1. The van der Waals surface area contributed by atoms with Crippen molar-refractivity contribution < 1.29 is 9.59 Å². The summed E-state index contributed by atoms with van der Waals surface area (Å²) in [4.78, 5) is 22.8. The summed E-state index contributed by atoms with van der Waals surface area (Å²) in [7, 11) is 0. The Morgan fingerprint density at radius 2 is 1.80 bits per heavy atom. The highest BCUT2D eigenvalue weighted by molar-refractivity contribution is 8.01. The number of thioether (sulfide) groups is 1. The molecular weight excluding hydrogens is 210 g/mol. The molecule has 0 spiro atoms. The van der Waals surface area contributed by atoms with Crippen LogP contribution in [0.15, 0.2) is 30.3 Å². The summed E-state index contributed by atoms with van der Waals surface area (Å²) in [6.45, 7) is 1.81. The quantitative estimate of drug-likeness (QED) is 0.731. The van der Waals surface area contributed by atoms with Gasteiger partial charge in [0, 0.05) is 0 Å². The minimum Gasteiger partial charge on any atom is -0.294 e. The van der Waals surface area contributed by atoms with E-state index >= 15 is 0 Å². The Morgan fingerprint density at radius 1 is 1.13 bits per heavy atom. The lowest BCUT2D eigenvalue weighted by molar-refractivity contribution is -0.130. The predicted octanol–water partition coefficient (Wildman–Crippen LogP) is 1.51. The lowest BCUT2D eigenvalue weighted by atomic mass is 10.1. The van der Waals surface area contributed by atoms with Gasteiger partial charge in [-0.05, 0) is 12.5 Å². The van der Waals surface area contributed by atoms with Gasteiger partial charge in [0.1, 0.15) is 5.25 Å². The number of nitrogens with one attached hydrogen (secondary N) is 1. The van der Waals surface area contributed by atoms with Gasteiger partial charge in [0.25, 0.3) is 0 Å². The molecule has 2 atom stereocenters. The molecule has 4 heteroatoms. The summed E-state index contributed by atoms with van der Waals surface area (Å²) >= 11 is 1.39. The van der Waals surface area contributed by atoms with Crippen LogP contribution in [0, 0.1) is 0 Å². The minimum atomic E-state index is -0.265. The second kappa shape index (κ2) is 4.06. The van der Waals surface area contributed by atoms with Gasteiger partial charge in [-0.15, -0.1) is 11.8 Å². The molecule has 0 saturated carbocycles. The number of carbonyl (C=O) groups excluding carboxylic acids is 2. The molecule has 0 bridgehead atoms. The van der Waals surface area contributed by atoms with Gasteiger partial charge in [-0.1, -0.05) is 30.3 Å². The molecule has 0 unspecified atom stereocenters. The molecule has 0 aromatic heterocycles. The van der Waals surface area contributed by atoms with Crippen LogP contribution < -0.4 is 5.32 Å². The first-order chi connectivity index (χ1) is 7.18. The standard InChI is InChI=1S/C11H11NO2S/c1-7-10(13)12-11(14)9(15-7)8-5-3-2-4-6-8/h2-7,9H,1H3,(H,12,13,14)/t7-,9+/m0/s1. The molecular formula is C11H11NO2S. The Labute approximate surface area is 92.2 Å². The zero-order valence-corrected chi connectivity index (χ0v) is 9.08. The first kappa shape index (κ1) is 10.2. The lowest BCUT2D eigenvalue weighted by Crippen LogP contribution is -2.43. The molecule has 1 aliphatic heterocycles. The normalized spacial score (nSPS) is 26.2. The van der Waals surface area contributed by atoms with Crippen LogP contribution in [0.25, 0.3) is 0 Å². The van der Waals surface area contributed by atoms with Crippen molar-refractivity contribution in [1.29, 1.82) is 0 Å². The molecule has 0 radical (unpaired) electrons. The second-order valence-corrected chi connectivity index (χ2v) is 4.87. The van der Waals surface area contributed by atoms with Crippen molar-refractivity contribution in [3.05, 3.63) is 35.9 Å². The Hall–Kier alpha value is -1.29. The maximum Gasteiger partial charge on any atom is 0.244 e. The van der Waals surface area contributed by atoms with Gasteiger partial charge in [0.15, 0.2) is 0 Å². The SMILES string of the molecule is C[C@@H]1S[C@H](c2ccccc2)C(=O)NC1=O. The van der Waals surface area contributed by atoms with Gasteiger partial charge in [-0.3, -0.25) is 14.9 Å². The number of hydrogen-bond acceptors (Lipinski definition) is 3. The highest BCUT2D eigenvalue weighted by Crippen LogP contribution is 2.35. The average molecular weight is 221 g/mol. The van der Waals surface area contributed by atoms with Gasteiger partial charge in [-0.25, -0.2) is 0 Å². The van der Waals surface area contributed by atoms with Gasteiger partial charge in [0.2, 0.25) is 11.8 Å². The van der Waals surface area contributed by atoms with E-state index in [0.717, 1.165) is 5.56 Å². The van der Waals surface area contributed by atoms with E-state index in [0.29, 0.717) is 0 Å². The number of imide groups is 1. The molecule has 1 aromatic rings. The first-order valence-corrected chi connectivity index (χ1v) is 5.68. The summed E-state index contributed by atoms with van der Waals surface area (Å²) < 4.78 is 0. The predicted molar refractivity (Wildman–Crippen MR) is 59.4 cm³/mol. The fraction of sp³-hybridized carbons (Fsp3) is 0.273. The van der Waals surface area contributed by atoms with Crippen LogP contribution in [0.5, 0.6) is 0 Å². The molecule has 3 nitrogen and oxygen atoms in total.